The number of carbonyl (C=O) groups excluding carboxylic acids is 2. The number of halogens is 1. The molecule has 0 bridgehead atoms. The molecule has 0 spiro atoms. The van der Waals surface area contributed by atoms with Gasteiger partial charge >= 0.3 is 11.9 Å². The fourth-order valence-corrected chi connectivity index (χ4v) is 1.94. The Kier molecular flexibility index (Phi) is 6.83. The maximum absolute atomic E-state index is 11.8. The van der Waals surface area contributed by atoms with E-state index in [2.05, 4.69) is 0 Å². The molecule has 0 heterocycles. The molecule has 0 unspecified atom stereocenters. The highest BCUT2D eigenvalue weighted by Gasteiger charge is 2.10. The molecule has 0 saturated carbocycles. The lowest BCUT2D eigenvalue weighted by Gasteiger charge is -2.09. The fraction of sp³-hybridized carbons (Fsp3) is 0.263. The Bertz CT molecular complexity index is 708. The number of ether oxygens (including phenoxy) is 3. The van der Waals surface area contributed by atoms with Crippen molar-refractivity contribution in [3.05, 3.63) is 59.1 Å². The molecule has 5 nitrogen and oxygen atoms in total. The van der Waals surface area contributed by atoms with Crippen LogP contribution in [0.4, 0.5) is 0 Å². The molecule has 0 aliphatic heterocycles. The number of benzene rings is 2. The minimum atomic E-state index is -0.551. The second-order valence-corrected chi connectivity index (χ2v) is 6.17. The number of esters is 2. The van der Waals surface area contributed by atoms with Crippen LogP contribution in [0.25, 0.3) is 0 Å². The maximum atomic E-state index is 11.8. The molecule has 0 aliphatic rings. The largest absolute Gasteiger partial charge is 0.482 e. The van der Waals surface area contributed by atoms with Crippen LogP contribution < -0.4 is 9.47 Å². The smallest absolute Gasteiger partial charge is 0.349 e. The van der Waals surface area contributed by atoms with Crippen LogP contribution in [0.3, 0.4) is 0 Å². The first-order valence-corrected chi connectivity index (χ1v) is 8.18. The minimum Gasteiger partial charge on any atom is -0.482 e. The van der Waals surface area contributed by atoms with Crippen molar-refractivity contribution in [1.29, 1.82) is 0 Å². The highest BCUT2D eigenvalue weighted by molar-refractivity contribution is 6.30. The zero-order chi connectivity index (χ0) is 18.2. The van der Waals surface area contributed by atoms with Crippen LogP contribution in [0.2, 0.25) is 5.02 Å². The van der Waals surface area contributed by atoms with Gasteiger partial charge < -0.3 is 14.2 Å². The van der Waals surface area contributed by atoms with Crippen molar-refractivity contribution >= 4 is 23.5 Å². The Labute approximate surface area is 151 Å². The summed E-state index contributed by atoms with van der Waals surface area (Å²) in [7, 11) is 0. The quantitative estimate of drug-likeness (QED) is 0.547. The summed E-state index contributed by atoms with van der Waals surface area (Å²) in [5.41, 5.74) is 0.401. The second-order valence-electron chi connectivity index (χ2n) is 5.73. The molecule has 0 amide bonds. The summed E-state index contributed by atoms with van der Waals surface area (Å²) in [5.74, 6) is 0.155. The van der Waals surface area contributed by atoms with E-state index in [0.29, 0.717) is 28.7 Å². The van der Waals surface area contributed by atoms with Crippen molar-refractivity contribution < 1.29 is 23.8 Å². The molecule has 2 aromatic rings. The lowest BCUT2D eigenvalue weighted by atomic mass is 10.2. The normalized spacial score (nSPS) is 10.4. The Morgan fingerprint density at radius 3 is 2.16 bits per heavy atom. The number of hydrogen-bond donors (Lipinski definition) is 0. The van der Waals surface area contributed by atoms with E-state index in [1.807, 2.05) is 13.8 Å². The summed E-state index contributed by atoms with van der Waals surface area (Å²) in [5, 5.41) is 0.585. The molecule has 6 heteroatoms. The van der Waals surface area contributed by atoms with Crippen molar-refractivity contribution in [3.8, 4) is 11.5 Å². The van der Waals surface area contributed by atoms with Crippen LogP contribution in [0, 0.1) is 5.92 Å². The summed E-state index contributed by atoms with van der Waals surface area (Å²) < 4.78 is 15.6. The monoisotopic (exact) mass is 362 g/mol. The summed E-state index contributed by atoms with van der Waals surface area (Å²) in [6.45, 7) is 4.04. The van der Waals surface area contributed by atoms with E-state index in [1.54, 1.807) is 36.4 Å². The van der Waals surface area contributed by atoms with Gasteiger partial charge in [-0.15, -0.1) is 0 Å². The van der Waals surface area contributed by atoms with Gasteiger partial charge in [0.25, 0.3) is 0 Å². The molecule has 0 N–H and O–H groups in total. The molecule has 25 heavy (non-hydrogen) atoms. The zero-order valence-electron chi connectivity index (χ0n) is 14.0. The minimum absolute atomic E-state index is 0.236. The summed E-state index contributed by atoms with van der Waals surface area (Å²) in [4.78, 5) is 23.6. The lowest BCUT2D eigenvalue weighted by Crippen LogP contribution is -2.17. The van der Waals surface area contributed by atoms with Gasteiger partial charge in [0.05, 0.1) is 12.2 Å². The van der Waals surface area contributed by atoms with Crippen LogP contribution >= 0.6 is 11.6 Å². The third kappa shape index (κ3) is 6.47. The van der Waals surface area contributed by atoms with Gasteiger partial charge in [-0.2, -0.15) is 0 Å². The molecule has 0 aliphatic carbocycles. The van der Waals surface area contributed by atoms with E-state index >= 15 is 0 Å². The van der Waals surface area contributed by atoms with Gasteiger partial charge in [-0.1, -0.05) is 25.4 Å². The Balaban J connectivity index is 1.82. The average Bonchev–Trinajstić information content (AvgIpc) is 2.60. The maximum Gasteiger partial charge on any atom is 0.349 e. The molecule has 0 saturated heterocycles. The van der Waals surface area contributed by atoms with Gasteiger partial charge in [0.15, 0.2) is 6.61 Å². The molecule has 2 aromatic carbocycles. The Morgan fingerprint density at radius 2 is 1.56 bits per heavy atom. The molecular weight excluding hydrogens is 344 g/mol. The van der Waals surface area contributed by atoms with Crippen LogP contribution in [-0.4, -0.2) is 25.2 Å². The van der Waals surface area contributed by atoms with E-state index in [1.165, 1.54) is 12.1 Å². The number of hydrogen-bond acceptors (Lipinski definition) is 5. The highest BCUT2D eigenvalue weighted by Crippen LogP contribution is 2.16. The summed E-state index contributed by atoms with van der Waals surface area (Å²) in [6.07, 6.45) is 0. The first-order valence-electron chi connectivity index (χ1n) is 7.80. The van der Waals surface area contributed by atoms with Crippen LogP contribution in [0.5, 0.6) is 11.5 Å². The van der Waals surface area contributed by atoms with Crippen molar-refractivity contribution in [2.75, 3.05) is 13.2 Å². The number of carbonyl (C=O) groups is 2. The van der Waals surface area contributed by atoms with E-state index in [4.69, 9.17) is 25.8 Å². The predicted octanol–water partition coefficient (Wildman–Crippen LogP) is 4.14. The predicted molar refractivity (Wildman–Crippen MR) is 94.1 cm³/mol. The molecular formula is C19H19ClO5. The van der Waals surface area contributed by atoms with E-state index < -0.39 is 11.9 Å². The first kappa shape index (κ1) is 18.8. The molecule has 132 valence electrons. The van der Waals surface area contributed by atoms with Gasteiger partial charge in [-0.05, 0) is 54.4 Å². The average molecular weight is 363 g/mol. The van der Waals surface area contributed by atoms with Crippen molar-refractivity contribution in [1.82, 2.24) is 0 Å². The van der Waals surface area contributed by atoms with Gasteiger partial charge in [-0.25, -0.2) is 9.59 Å². The van der Waals surface area contributed by atoms with Crippen molar-refractivity contribution in [2.24, 2.45) is 5.92 Å². The third-order valence-corrected chi connectivity index (χ3v) is 3.29. The topological polar surface area (TPSA) is 61.8 Å². The van der Waals surface area contributed by atoms with E-state index in [-0.39, 0.29) is 12.5 Å². The highest BCUT2D eigenvalue weighted by atomic mass is 35.5. The second kappa shape index (κ2) is 9.08. The van der Waals surface area contributed by atoms with Crippen LogP contribution in [-0.2, 0) is 9.53 Å². The summed E-state index contributed by atoms with van der Waals surface area (Å²) >= 11 is 5.77. The Hall–Kier alpha value is -2.53. The van der Waals surface area contributed by atoms with Crippen LogP contribution in [0.15, 0.2) is 48.5 Å². The Morgan fingerprint density at radius 1 is 0.960 bits per heavy atom. The van der Waals surface area contributed by atoms with Crippen molar-refractivity contribution in [2.45, 2.75) is 13.8 Å². The van der Waals surface area contributed by atoms with Gasteiger partial charge in [0, 0.05) is 5.02 Å². The van der Waals surface area contributed by atoms with Gasteiger partial charge in [0.1, 0.15) is 11.5 Å². The van der Waals surface area contributed by atoms with Crippen molar-refractivity contribution in [3.63, 3.8) is 0 Å². The molecule has 0 aromatic heterocycles. The first-order chi connectivity index (χ1) is 11.9. The molecule has 2 rings (SSSR count). The lowest BCUT2D eigenvalue weighted by molar-refractivity contribution is -0.136. The van der Waals surface area contributed by atoms with Gasteiger partial charge in [-0.3, -0.25) is 0 Å². The van der Waals surface area contributed by atoms with E-state index in [9.17, 15) is 9.59 Å². The molecule has 0 radical (unpaired) electrons. The third-order valence-electron chi connectivity index (χ3n) is 3.04. The fourth-order valence-electron chi connectivity index (χ4n) is 1.82. The van der Waals surface area contributed by atoms with E-state index in [0.717, 1.165) is 0 Å². The standard InChI is InChI=1S/C19H19ClO5/c1-13(2)11-24-19(22)14-3-7-17(8-4-14)25-18(21)12-23-16-9-5-15(20)6-10-16/h3-10,13H,11-12H2,1-2H3. The number of rotatable bonds is 7. The molecule has 0 atom stereocenters. The van der Waals surface area contributed by atoms with Gasteiger partial charge in [0.2, 0.25) is 0 Å². The SMILES string of the molecule is CC(C)COC(=O)c1ccc(OC(=O)COc2ccc(Cl)cc2)cc1. The van der Waals surface area contributed by atoms with Crippen LogP contribution in [0.1, 0.15) is 24.2 Å². The molecule has 0 fully saturated rings. The zero-order valence-corrected chi connectivity index (χ0v) is 14.8. The summed E-state index contributed by atoms with van der Waals surface area (Å²) in [6, 6.07) is 12.8.